The van der Waals surface area contributed by atoms with E-state index in [0.717, 1.165) is 34.7 Å². The molecule has 0 N–H and O–H groups in total. The van der Waals surface area contributed by atoms with Crippen molar-refractivity contribution in [3.8, 4) is 22.6 Å². The molecule has 33 heavy (non-hydrogen) atoms. The van der Waals surface area contributed by atoms with Crippen molar-refractivity contribution in [1.29, 1.82) is 0 Å². The van der Waals surface area contributed by atoms with Gasteiger partial charge in [0.2, 0.25) is 0 Å². The summed E-state index contributed by atoms with van der Waals surface area (Å²) in [6.07, 6.45) is 6.22. The van der Waals surface area contributed by atoms with Crippen LogP contribution in [0.15, 0.2) is 85.1 Å². The number of imidazole rings is 1. The molecule has 1 aliphatic heterocycles. The van der Waals surface area contributed by atoms with Gasteiger partial charge in [0.25, 0.3) is 0 Å². The fraction of sp³-hybridized carbons (Fsp3) is 0.103. The van der Waals surface area contributed by atoms with Crippen LogP contribution in [0.25, 0.3) is 39.8 Å². The number of para-hydroxylation sites is 1. The normalized spacial score (nSPS) is 11.5. The van der Waals surface area contributed by atoms with E-state index in [1.54, 1.807) is 0 Å². The summed E-state index contributed by atoms with van der Waals surface area (Å²) in [5, 5.41) is 0. The van der Waals surface area contributed by atoms with Crippen molar-refractivity contribution >= 4 is 17.1 Å². The van der Waals surface area contributed by atoms with Gasteiger partial charge < -0.3 is 9.55 Å². The van der Waals surface area contributed by atoms with Crippen molar-refractivity contribution in [3.05, 3.63) is 114 Å². The molecule has 0 unspecified atom stereocenters. The summed E-state index contributed by atoms with van der Waals surface area (Å²) < 4.78 is 2.26. The number of allylic oxidation sites excluding steroid dienone is 1. The Bertz CT molecular complexity index is 1340. The number of aromatic nitrogens is 3. The van der Waals surface area contributed by atoms with Gasteiger partial charge in [-0.1, -0.05) is 43.3 Å². The van der Waals surface area contributed by atoms with Crippen molar-refractivity contribution in [2.45, 2.75) is 20.4 Å². The van der Waals surface area contributed by atoms with Crippen LogP contribution in [0.5, 0.6) is 0 Å². The summed E-state index contributed by atoms with van der Waals surface area (Å²) in [6, 6.07) is 30.9. The van der Waals surface area contributed by atoms with Crippen molar-refractivity contribution in [2.24, 2.45) is 0 Å². The van der Waals surface area contributed by atoms with Crippen LogP contribution in [0.2, 0.25) is 0 Å². The van der Waals surface area contributed by atoms with Gasteiger partial charge in [0.15, 0.2) is 0 Å². The summed E-state index contributed by atoms with van der Waals surface area (Å²) in [6.45, 7) is 4.98. The zero-order valence-electron chi connectivity index (χ0n) is 18.5. The van der Waals surface area contributed by atoms with Crippen LogP contribution in [0.1, 0.15) is 16.7 Å². The molecule has 0 spiro atoms. The van der Waals surface area contributed by atoms with E-state index in [4.69, 9.17) is 4.98 Å². The average molecular weight is 606 g/mol. The zero-order chi connectivity index (χ0) is 21.9. The van der Waals surface area contributed by atoms with Crippen LogP contribution in [-0.2, 0) is 26.7 Å². The number of benzene rings is 3. The van der Waals surface area contributed by atoms with E-state index in [1.165, 1.54) is 22.2 Å². The van der Waals surface area contributed by atoms with Crippen LogP contribution in [0, 0.1) is 26.0 Å². The molecule has 3 aromatic carbocycles. The van der Waals surface area contributed by atoms with Gasteiger partial charge in [0, 0.05) is 32.8 Å². The summed E-state index contributed by atoms with van der Waals surface area (Å²) >= 11 is 0. The van der Waals surface area contributed by atoms with E-state index in [1.807, 2.05) is 49.5 Å². The molecular formula is C29H23IrN3-2. The van der Waals surface area contributed by atoms with Crippen molar-refractivity contribution < 1.29 is 20.1 Å². The van der Waals surface area contributed by atoms with E-state index < -0.39 is 0 Å². The second-order valence-corrected chi connectivity index (χ2v) is 7.94. The minimum Gasteiger partial charge on any atom is -0.360 e. The van der Waals surface area contributed by atoms with Crippen molar-refractivity contribution in [2.75, 3.05) is 0 Å². The van der Waals surface area contributed by atoms with Gasteiger partial charge in [-0.15, -0.1) is 71.3 Å². The van der Waals surface area contributed by atoms with Gasteiger partial charge in [0.1, 0.15) is 0 Å². The molecule has 3 heterocycles. The topological polar surface area (TPSA) is 30.7 Å². The minimum absolute atomic E-state index is 0. The van der Waals surface area contributed by atoms with Gasteiger partial charge in [0.05, 0.1) is 16.9 Å². The van der Waals surface area contributed by atoms with E-state index in [9.17, 15) is 0 Å². The maximum Gasteiger partial charge on any atom is 0.0777 e. The molecule has 0 saturated carbocycles. The third kappa shape index (κ3) is 4.88. The van der Waals surface area contributed by atoms with Gasteiger partial charge in [-0.3, -0.25) is 4.98 Å². The van der Waals surface area contributed by atoms with Crippen LogP contribution >= 0.6 is 0 Å². The van der Waals surface area contributed by atoms with E-state index in [0.29, 0.717) is 0 Å². The predicted octanol–water partition coefficient (Wildman–Crippen LogP) is 6.69. The number of aryl methyl sites for hydroxylation is 2. The van der Waals surface area contributed by atoms with Crippen LogP contribution in [0.4, 0.5) is 0 Å². The van der Waals surface area contributed by atoms with Crippen molar-refractivity contribution in [1.82, 2.24) is 14.5 Å². The third-order valence-electron chi connectivity index (χ3n) is 5.49. The first-order valence-corrected chi connectivity index (χ1v) is 10.7. The van der Waals surface area contributed by atoms with Crippen LogP contribution < -0.4 is 0 Å². The quantitative estimate of drug-likeness (QED) is 0.210. The number of nitrogens with zero attached hydrogens (tertiary/aromatic N) is 3. The van der Waals surface area contributed by atoms with E-state index in [-0.39, 0.29) is 20.1 Å². The molecular weight excluding hydrogens is 583 g/mol. The summed E-state index contributed by atoms with van der Waals surface area (Å²) in [5.74, 6) is 1.00. The van der Waals surface area contributed by atoms with Gasteiger partial charge in [-0.2, -0.15) is 0 Å². The first-order chi connectivity index (χ1) is 15.7. The molecule has 0 saturated heterocycles. The molecule has 0 amide bonds. The Labute approximate surface area is 208 Å². The molecule has 3 nitrogen and oxygen atoms in total. The largest absolute Gasteiger partial charge is 0.360 e. The molecule has 2 aromatic heterocycles. The second kappa shape index (κ2) is 10.1. The Morgan fingerprint density at radius 2 is 1.73 bits per heavy atom. The zero-order valence-corrected chi connectivity index (χ0v) is 20.9. The maximum absolute atomic E-state index is 4.75. The molecule has 5 aromatic rings. The maximum atomic E-state index is 4.75. The number of hydrogen-bond donors (Lipinski definition) is 0. The van der Waals surface area contributed by atoms with E-state index in [2.05, 4.69) is 77.2 Å². The number of hydrogen-bond acceptors (Lipinski definition) is 2. The molecule has 0 atom stereocenters. The molecule has 0 bridgehead atoms. The second-order valence-electron chi connectivity index (χ2n) is 7.94. The molecule has 4 heteroatoms. The molecule has 6 rings (SSSR count). The van der Waals surface area contributed by atoms with Crippen molar-refractivity contribution in [3.63, 3.8) is 0 Å². The number of rotatable bonds is 2. The van der Waals surface area contributed by atoms with Gasteiger partial charge >= 0.3 is 0 Å². The fourth-order valence-corrected chi connectivity index (χ4v) is 3.84. The first-order valence-electron chi connectivity index (χ1n) is 10.7. The predicted molar refractivity (Wildman–Crippen MR) is 131 cm³/mol. The monoisotopic (exact) mass is 606 g/mol. The van der Waals surface area contributed by atoms with Gasteiger partial charge in [-0.05, 0) is 29.8 Å². The smallest absolute Gasteiger partial charge is 0.0777 e. The molecule has 0 aliphatic carbocycles. The summed E-state index contributed by atoms with van der Waals surface area (Å²) in [4.78, 5) is 9.09. The number of pyridine rings is 1. The fourth-order valence-electron chi connectivity index (χ4n) is 3.84. The summed E-state index contributed by atoms with van der Waals surface area (Å²) in [7, 11) is 0. The molecule has 1 radical (unpaired) electrons. The average Bonchev–Trinajstić information content (AvgIpc) is 3.22. The first kappa shape index (κ1) is 22.8. The van der Waals surface area contributed by atoms with E-state index >= 15 is 0 Å². The Balaban J connectivity index is 0.000000158. The summed E-state index contributed by atoms with van der Waals surface area (Å²) in [5.41, 5.74) is 9.02. The molecule has 165 valence electrons. The standard InChI is InChI=1S/C16H11N2.C13H12N.Ir/c1-2-6-13(7-3-1)16-17-14-10-4-8-12-9-5-11-18(16)15(12)14;1-10-3-6-12(7-4-10)13-8-5-11(2)9-14-13;/h1-6,8-10H,11H2;3-6,8-9H,1-2H3;/q2*-1;. The Kier molecular flexibility index (Phi) is 6.98. The Morgan fingerprint density at radius 3 is 2.45 bits per heavy atom. The minimum atomic E-state index is 0. The third-order valence-corrected chi connectivity index (χ3v) is 5.49. The van der Waals surface area contributed by atoms with Crippen LogP contribution in [0.3, 0.4) is 0 Å². The Hall–Kier alpha value is -3.33. The van der Waals surface area contributed by atoms with Gasteiger partial charge in [-0.25, -0.2) is 0 Å². The SMILES string of the molecule is Cc1c[c-]c(-c2ccc(C)cn2)cc1.[Ir].[c-]1ccccc1-c1nc2cccc3c2n1CC=C3. The molecule has 1 aliphatic rings. The van der Waals surface area contributed by atoms with Crippen LogP contribution in [-0.4, -0.2) is 14.5 Å². The molecule has 0 fully saturated rings. The Morgan fingerprint density at radius 1 is 0.848 bits per heavy atom.